The Morgan fingerprint density at radius 3 is 3.00 bits per heavy atom. The van der Waals surface area contributed by atoms with Crippen LogP contribution in [-0.4, -0.2) is 31.7 Å². The summed E-state index contributed by atoms with van der Waals surface area (Å²) in [5.41, 5.74) is 5.47. The van der Waals surface area contributed by atoms with Crippen molar-refractivity contribution in [3.8, 4) is 0 Å². The number of carbonyl (C=O) groups is 1. The van der Waals surface area contributed by atoms with Gasteiger partial charge in [0, 0.05) is 19.6 Å². The summed E-state index contributed by atoms with van der Waals surface area (Å²) in [5, 5.41) is 2.92. The molecule has 0 aliphatic carbocycles. The lowest BCUT2D eigenvalue weighted by Gasteiger charge is -2.22. The van der Waals surface area contributed by atoms with Crippen molar-refractivity contribution < 1.29 is 9.53 Å². The molecule has 94 valence electrons. The smallest absolute Gasteiger partial charge is 0.220 e. The predicted octanol–water partition coefficient (Wildman–Crippen LogP) is 1.05. The minimum Gasteiger partial charge on any atom is -0.378 e. The summed E-state index contributed by atoms with van der Waals surface area (Å²) >= 11 is 0. The maximum Gasteiger partial charge on any atom is 0.220 e. The number of carbonyl (C=O) groups excluding carboxylic acids is 1. The number of hydrogen-bond donors (Lipinski definition) is 2. The molecule has 1 aliphatic rings. The maximum absolute atomic E-state index is 11.4. The van der Waals surface area contributed by atoms with Gasteiger partial charge in [-0.15, -0.1) is 0 Å². The SMILES string of the molecule is CC(CN)CC(=O)NCCC1CCCCO1. The van der Waals surface area contributed by atoms with E-state index in [0.717, 1.165) is 26.0 Å². The highest BCUT2D eigenvalue weighted by Crippen LogP contribution is 2.14. The van der Waals surface area contributed by atoms with Gasteiger partial charge in [0.1, 0.15) is 0 Å². The van der Waals surface area contributed by atoms with Crippen molar-refractivity contribution in [3.63, 3.8) is 0 Å². The van der Waals surface area contributed by atoms with Gasteiger partial charge in [0.05, 0.1) is 6.10 Å². The maximum atomic E-state index is 11.4. The third-order valence-electron chi connectivity index (χ3n) is 3.00. The highest BCUT2D eigenvalue weighted by molar-refractivity contribution is 5.76. The Hall–Kier alpha value is -0.610. The Balaban J connectivity index is 2.03. The first-order valence-electron chi connectivity index (χ1n) is 6.30. The molecule has 4 nitrogen and oxygen atoms in total. The highest BCUT2D eigenvalue weighted by Gasteiger charge is 2.14. The topological polar surface area (TPSA) is 64.4 Å². The van der Waals surface area contributed by atoms with Crippen molar-refractivity contribution in [1.29, 1.82) is 0 Å². The molecule has 16 heavy (non-hydrogen) atoms. The predicted molar refractivity (Wildman–Crippen MR) is 64.1 cm³/mol. The van der Waals surface area contributed by atoms with Gasteiger partial charge < -0.3 is 15.8 Å². The molecule has 4 heteroatoms. The lowest BCUT2D eigenvalue weighted by molar-refractivity contribution is -0.122. The van der Waals surface area contributed by atoms with E-state index in [1.807, 2.05) is 6.92 Å². The molecule has 3 N–H and O–H groups in total. The Morgan fingerprint density at radius 2 is 2.38 bits per heavy atom. The number of amides is 1. The second-order valence-electron chi connectivity index (χ2n) is 4.67. The second kappa shape index (κ2) is 7.63. The first kappa shape index (κ1) is 13.5. The van der Waals surface area contributed by atoms with Crippen LogP contribution in [0.3, 0.4) is 0 Å². The zero-order valence-corrected chi connectivity index (χ0v) is 10.2. The molecule has 1 heterocycles. The molecule has 2 unspecified atom stereocenters. The molecule has 0 aromatic heterocycles. The molecule has 1 saturated heterocycles. The van der Waals surface area contributed by atoms with Gasteiger partial charge in [-0.25, -0.2) is 0 Å². The first-order valence-corrected chi connectivity index (χ1v) is 6.30. The molecule has 1 rings (SSSR count). The standard InChI is InChI=1S/C12H24N2O2/c1-10(9-13)8-12(15)14-6-5-11-4-2-3-7-16-11/h10-11H,2-9,13H2,1H3,(H,14,15). The minimum atomic E-state index is 0.105. The van der Waals surface area contributed by atoms with Crippen LogP contribution < -0.4 is 11.1 Å². The van der Waals surface area contributed by atoms with E-state index in [9.17, 15) is 4.79 Å². The van der Waals surface area contributed by atoms with Crippen molar-refractivity contribution >= 4 is 5.91 Å². The van der Waals surface area contributed by atoms with Crippen LogP contribution in [-0.2, 0) is 9.53 Å². The van der Waals surface area contributed by atoms with Gasteiger partial charge in [-0.1, -0.05) is 6.92 Å². The molecule has 1 fully saturated rings. The molecule has 1 amide bonds. The van der Waals surface area contributed by atoms with Crippen LogP contribution in [0.1, 0.15) is 39.0 Å². The van der Waals surface area contributed by atoms with Crippen molar-refractivity contribution in [3.05, 3.63) is 0 Å². The van der Waals surface area contributed by atoms with Gasteiger partial charge in [0.2, 0.25) is 5.91 Å². The number of rotatable bonds is 6. The summed E-state index contributed by atoms with van der Waals surface area (Å²) in [6, 6.07) is 0. The molecule has 0 spiro atoms. The average Bonchev–Trinajstić information content (AvgIpc) is 2.30. The Labute approximate surface area is 97.9 Å². The van der Waals surface area contributed by atoms with E-state index in [4.69, 9.17) is 10.5 Å². The van der Waals surface area contributed by atoms with E-state index >= 15 is 0 Å². The van der Waals surface area contributed by atoms with Gasteiger partial charge >= 0.3 is 0 Å². The fraction of sp³-hybridized carbons (Fsp3) is 0.917. The third kappa shape index (κ3) is 5.47. The summed E-state index contributed by atoms with van der Waals surface area (Å²) in [7, 11) is 0. The third-order valence-corrected chi connectivity index (χ3v) is 3.00. The second-order valence-corrected chi connectivity index (χ2v) is 4.67. The highest BCUT2D eigenvalue weighted by atomic mass is 16.5. The summed E-state index contributed by atoms with van der Waals surface area (Å²) in [6.07, 6.45) is 5.38. The Bertz CT molecular complexity index is 203. The number of ether oxygens (including phenoxy) is 1. The fourth-order valence-electron chi connectivity index (χ4n) is 1.88. The van der Waals surface area contributed by atoms with Gasteiger partial charge in [-0.05, 0) is 38.1 Å². The summed E-state index contributed by atoms with van der Waals surface area (Å²) in [4.78, 5) is 11.4. The molecule has 2 atom stereocenters. The van der Waals surface area contributed by atoms with Gasteiger partial charge in [-0.2, -0.15) is 0 Å². The molecular formula is C12H24N2O2. The fourth-order valence-corrected chi connectivity index (χ4v) is 1.88. The summed E-state index contributed by atoms with van der Waals surface area (Å²) in [5.74, 6) is 0.375. The van der Waals surface area contributed by atoms with Crippen LogP contribution in [0.5, 0.6) is 0 Å². The number of hydrogen-bond acceptors (Lipinski definition) is 3. The lowest BCUT2D eigenvalue weighted by Crippen LogP contribution is -2.31. The van der Waals surface area contributed by atoms with Crippen molar-refractivity contribution in [2.75, 3.05) is 19.7 Å². The molecule has 0 bridgehead atoms. The van der Waals surface area contributed by atoms with E-state index < -0.39 is 0 Å². The van der Waals surface area contributed by atoms with Crippen LogP contribution in [0.15, 0.2) is 0 Å². The number of nitrogens with two attached hydrogens (primary N) is 1. The van der Waals surface area contributed by atoms with Crippen LogP contribution in [0.25, 0.3) is 0 Å². The summed E-state index contributed by atoms with van der Waals surface area (Å²) < 4.78 is 5.59. The van der Waals surface area contributed by atoms with Crippen LogP contribution in [0.2, 0.25) is 0 Å². The lowest BCUT2D eigenvalue weighted by atomic mass is 10.1. The van der Waals surface area contributed by atoms with Gasteiger partial charge in [0.25, 0.3) is 0 Å². The largest absolute Gasteiger partial charge is 0.378 e. The first-order chi connectivity index (χ1) is 7.72. The Morgan fingerprint density at radius 1 is 1.56 bits per heavy atom. The van der Waals surface area contributed by atoms with Crippen molar-refractivity contribution in [1.82, 2.24) is 5.32 Å². The van der Waals surface area contributed by atoms with Crippen molar-refractivity contribution in [2.45, 2.75) is 45.1 Å². The van der Waals surface area contributed by atoms with Gasteiger partial charge in [0.15, 0.2) is 0 Å². The van der Waals surface area contributed by atoms with Crippen LogP contribution in [0, 0.1) is 5.92 Å². The molecule has 0 aromatic rings. The van der Waals surface area contributed by atoms with E-state index in [2.05, 4.69) is 5.32 Å². The molecule has 0 radical (unpaired) electrons. The zero-order valence-electron chi connectivity index (χ0n) is 10.2. The summed E-state index contributed by atoms with van der Waals surface area (Å²) in [6.45, 7) is 4.16. The van der Waals surface area contributed by atoms with Gasteiger partial charge in [-0.3, -0.25) is 4.79 Å². The molecule has 0 aromatic carbocycles. The van der Waals surface area contributed by atoms with E-state index in [1.54, 1.807) is 0 Å². The zero-order chi connectivity index (χ0) is 11.8. The Kier molecular flexibility index (Phi) is 6.42. The van der Waals surface area contributed by atoms with E-state index in [-0.39, 0.29) is 11.8 Å². The van der Waals surface area contributed by atoms with E-state index in [0.29, 0.717) is 19.1 Å². The minimum absolute atomic E-state index is 0.105. The van der Waals surface area contributed by atoms with Crippen LogP contribution >= 0.6 is 0 Å². The molecular weight excluding hydrogens is 204 g/mol. The normalized spacial score (nSPS) is 22.8. The van der Waals surface area contributed by atoms with Crippen molar-refractivity contribution in [2.24, 2.45) is 11.7 Å². The van der Waals surface area contributed by atoms with Crippen LogP contribution in [0.4, 0.5) is 0 Å². The molecule has 0 saturated carbocycles. The average molecular weight is 228 g/mol. The van der Waals surface area contributed by atoms with E-state index in [1.165, 1.54) is 12.8 Å². The monoisotopic (exact) mass is 228 g/mol. The quantitative estimate of drug-likeness (QED) is 0.714. The molecule has 1 aliphatic heterocycles. The number of nitrogens with one attached hydrogen (secondary N) is 1.